The molecule has 3 N–H and O–H groups in total. The predicted molar refractivity (Wildman–Crippen MR) is 93.2 cm³/mol. The normalized spacial score (nSPS) is 12.5. The molecule has 0 radical (unpaired) electrons. The molecule has 2 rings (SSSR count). The van der Waals surface area contributed by atoms with E-state index in [1.807, 2.05) is 0 Å². The summed E-state index contributed by atoms with van der Waals surface area (Å²) in [6, 6.07) is 9.97. The third kappa shape index (κ3) is 4.63. The lowest BCUT2D eigenvalue weighted by molar-refractivity contribution is -0.137. The number of furan rings is 1. The number of ether oxygens (including phenoxy) is 2. The molecule has 0 spiro atoms. The second kappa shape index (κ2) is 8.58. The first kappa shape index (κ1) is 18.1. The van der Waals surface area contributed by atoms with Crippen LogP contribution in [0.4, 0.5) is 0 Å². The molecule has 0 amide bonds. The summed E-state index contributed by atoms with van der Waals surface area (Å²) in [5.74, 6) is -0.00901. The summed E-state index contributed by atoms with van der Waals surface area (Å²) >= 11 is 0. The minimum atomic E-state index is -0.753. The van der Waals surface area contributed by atoms with E-state index in [0.29, 0.717) is 17.1 Å². The number of benzene rings is 1. The molecule has 2 aromatic rings. The lowest BCUT2D eigenvalue weighted by atomic mass is 10.1. The number of carbonyl (C=O) groups is 1. The number of esters is 1. The highest BCUT2D eigenvalue weighted by atomic mass is 16.5. The van der Waals surface area contributed by atoms with Gasteiger partial charge in [-0.15, -0.1) is 0 Å². The maximum absolute atomic E-state index is 12.2. The number of hydrogen-bond acceptors (Lipinski definition) is 6. The van der Waals surface area contributed by atoms with Crippen molar-refractivity contribution in [2.75, 3.05) is 13.7 Å². The standard InChI is InChI=1S/C18H20N2O5/c1-3-24-18(22)15(17(19)20-11-14-5-4-10-25-14)16(21)12-6-8-13(23-2)9-7-12/h4-10,21H,3,11H2,1-2H3,(H2,19,20). The van der Waals surface area contributed by atoms with Crippen molar-refractivity contribution in [3.63, 3.8) is 0 Å². The largest absolute Gasteiger partial charge is 0.506 e. The molecule has 0 saturated heterocycles. The average Bonchev–Trinajstić information content (AvgIpc) is 3.14. The fourth-order valence-corrected chi connectivity index (χ4v) is 2.06. The fourth-order valence-electron chi connectivity index (χ4n) is 2.06. The summed E-state index contributed by atoms with van der Waals surface area (Å²) in [6.45, 7) is 1.94. The summed E-state index contributed by atoms with van der Waals surface area (Å²) in [5, 5.41) is 10.5. The maximum atomic E-state index is 12.2. The molecule has 1 heterocycles. The van der Waals surface area contributed by atoms with Gasteiger partial charge in [0.05, 0.1) is 26.5 Å². The van der Waals surface area contributed by atoms with Gasteiger partial charge in [0.15, 0.2) is 0 Å². The second-order valence-corrected chi connectivity index (χ2v) is 4.95. The smallest absolute Gasteiger partial charge is 0.345 e. The topological polar surface area (TPSA) is 107 Å². The zero-order chi connectivity index (χ0) is 18.2. The predicted octanol–water partition coefficient (Wildman–Crippen LogP) is 2.68. The van der Waals surface area contributed by atoms with Crippen molar-refractivity contribution in [1.29, 1.82) is 0 Å². The molecule has 132 valence electrons. The summed E-state index contributed by atoms with van der Waals surface area (Å²) in [4.78, 5) is 16.3. The van der Waals surface area contributed by atoms with E-state index in [2.05, 4.69) is 4.99 Å². The molecule has 0 aliphatic carbocycles. The van der Waals surface area contributed by atoms with Gasteiger partial charge in [0, 0.05) is 5.56 Å². The molecule has 1 aromatic heterocycles. The Morgan fingerprint density at radius 1 is 1.28 bits per heavy atom. The molecular formula is C18H20N2O5. The number of aliphatic hydroxyl groups is 1. The SMILES string of the molecule is CCOC(=O)C(C(N)=NCc1ccco1)=C(O)c1ccc(OC)cc1. The van der Waals surface area contributed by atoms with E-state index in [9.17, 15) is 9.90 Å². The van der Waals surface area contributed by atoms with E-state index in [0.717, 1.165) is 0 Å². The number of rotatable bonds is 7. The van der Waals surface area contributed by atoms with Crippen molar-refractivity contribution in [3.05, 3.63) is 59.6 Å². The number of aliphatic hydroxyl groups excluding tert-OH is 1. The van der Waals surface area contributed by atoms with Crippen LogP contribution in [0, 0.1) is 0 Å². The van der Waals surface area contributed by atoms with E-state index < -0.39 is 5.97 Å². The minimum Gasteiger partial charge on any atom is -0.506 e. The Bertz CT molecular complexity index is 761. The van der Waals surface area contributed by atoms with Crippen LogP contribution < -0.4 is 10.5 Å². The van der Waals surface area contributed by atoms with Gasteiger partial charge in [0.2, 0.25) is 0 Å². The van der Waals surface area contributed by atoms with Gasteiger partial charge >= 0.3 is 5.97 Å². The van der Waals surface area contributed by atoms with Gasteiger partial charge in [-0.05, 0) is 43.3 Å². The molecule has 7 heteroatoms. The summed E-state index contributed by atoms with van der Waals surface area (Å²) in [7, 11) is 1.54. The highest BCUT2D eigenvalue weighted by Gasteiger charge is 2.22. The molecular weight excluding hydrogens is 324 g/mol. The van der Waals surface area contributed by atoms with Gasteiger partial charge in [0.25, 0.3) is 0 Å². The quantitative estimate of drug-likeness (QED) is 0.263. The van der Waals surface area contributed by atoms with E-state index in [1.165, 1.54) is 13.4 Å². The average molecular weight is 344 g/mol. The molecule has 1 aromatic carbocycles. The highest BCUT2D eigenvalue weighted by Crippen LogP contribution is 2.21. The summed E-state index contributed by atoms with van der Waals surface area (Å²) < 4.78 is 15.2. The molecule has 25 heavy (non-hydrogen) atoms. The number of hydrogen-bond donors (Lipinski definition) is 2. The van der Waals surface area contributed by atoms with Crippen LogP contribution in [-0.4, -0.2) is 30.6 Å². The Balaban J connectivity index is 2.38. The number of nitrogens with zero attached hydrogens (tertiary/aromatic N) is 1. The lowest BCUT2D eigenvalue weighted by Gasteiger charge is -2.10. The molecule has 0 aliphatic heterocycles. The second-order valence-electron chi connectivity index (χ2n) is 4.95. The van der Waals surface area contributed by atoms with Crippen LogP contribution in [0.5, 0.6) is 5.75 Å². The number of amidine groups is 1. The molecule has 0 bridgehead atoms. The van der Waals surface area contributed by atoms with E-state index >= 15 is 0 Å². The monoisotopic (exact) mass is 344 g/mol. The first-order chi connectivity index (χ1) is 12.1. The van der Waals surface area contributed by atoms with Crippen LogP contribution >= 0.6 is 0 Å². The first-order valence-electron chi connectivity index (χ1n) is 7.64. The van der Waals surface area contributed by atoms with Gasteiger partial charge in [-0.1, -0.05) is 0 Å². The third-order valence-electron chi connectivity index (χ3n) is 3.32. The van der Waals surface area contributed by atoms with Crippen molar-refractivity contribution in [1.82, 2.24) is 0 Å². The van der Waals surface area contributed by atoms with Gasteiger partial charge in [-0.2, -0.15) is 0 Å². The van der Waals surface area contributed by atoms with E-state index in [4.69, 9.17) is 19.6 Å². The zero-order valence-corrected chi connectivity index (χ0v) is 14.1. The van der Waals surface area contributed by atoms with Crippen LogP contribution in [0.3, 0.4) is 0 Å². The van der Waals surface area contributed by atoms with Crippen LogP contribution in [-0.2, 0) is 16.1 Å². The Hall–Kier alpha value is -3.22. The maximum Gasteiger partial charge on any atom is 0.345 e. The number of nitrogens with two attached hydrogens (primary N) is 1. The zero-order valence-electron chi connectivity index (χ0n) is 14.1. The van der Waals surface area contributed by atoms with E-state index in [1.54, 1.807) is 43.3 Å². The van der Waals surface area contributed by atoms with E-state index in [-0.39, 0.29) is 30.3 Å². The fraction of sp³-hybridized carbons (Fsp3) is 0.222. The number of carbonyl (C=O) groups excluding carboxylic acids is 1. The van der Waals surface area contributed by atoms with Crippen molar-refractivity contribution in [3.8, 4) is 5.75 Å². The van der Waals surface area contributed by atoms with Crippen LogP contribution in [0.25, 0.3) is 5.76 Å². The summed E-state index contributed by atoms with van der Waals surface area (Å²) in [6.07, 6.45) is 1.51. The van der Waals surface area contributed by atoms with Gasteiger partial charge in [-0.3, -0.25) is 4.99 Å². The van der Waals surface area contributed by atoms with Crippen molar-refractivity contribution in [2.24, 2.45) is 10.7 Å². The third-order valence-corrected chi connectivity index (χ3v) is 3.32. The van der Waals surface area contributed by atoms with Gasteiger partial charge in [-0.25, -0.2) is 4.79 Å². The highest BCUT2D eigenvalue weighted by molar-refractivity contribution is 6.22. The molecule has 7 nitrogen and oxygen atoms in total. The van der Waals surface area contributed by atoms with Crippen molar-refractivity contribution >= 4 is 17.6 Å². The van der Waals surface area contributed by atoms with Crippen LogP contribution in [0.2, 0.25) is 0 Å². The molecule has 0 saturated carbocycles. The molecule has 0 aliphatic rings. The van der Waals surface area contributed by atoms with Gasteiger partial charge in [0.1, 0.15) is 28.7 Å². The molecule has 0 fully saturated rings. The Morgan fingerprint density at radius 3 is 2.56 bits per heavy atom. The molecule has 0 unspecified atom stereocenters. The Labute approximate surface area is 145 Å². The number of aliphatic imine (C=N–C) groups is 1. The van der Waals surface area contributed by atoms with Crippen molar-refractivity contribution in [2.45, 2.75) is 13.5 Å². The molecule has 0 atom stereocenters. The Morgan fingerprint density at radius 2 is 2.00 bits per heavy atom. The van der Waals surface area contributed by atoms with Crippen LogP contribution in [0.15, 0.2) is 57.6 Å². The summed E-state index contributed by atoms with van der Waals surface area (Å²) in [5.41, 5.74) is 6.12. The van der Waals surface area contributed by atoms with Gasteiger partial charge < -0.3 is 24.7 Å². The van der Waals surface area contributed by atoms with Crippen molar-refractivity contribution < 1.29 is 23.8 Å². The lowest BCUT2D eigenvalue weighted by Crippen LogP contribution is -2.25. The van der Waals surface area contributed by atoms with Crippen LogP contribution in [0.1, 0.15) is 18.2 Å². The number of methoxy groups -OCH3 is 1. The minimum absolute atomic E-state index is 0.136. The first-order valence-corrected chi connectivity index (χ1v) is 7.64. The Kier molecular flexibility index (Phi) is 6.22.